The van der Waals surface area contributed by atoms with Crippen LogP contribution in [-0.2, 0) is 11.2 Å². The molecule has 1 aliphatic rings. The van der Waals surface area contributed by atoms with Crippen LogP contribution < -0.4 is 10.6 Å². The van der Waals surface area contributed by atoms with E-state index in [4.69, 9.17) is 0 Å². The van der Waals surface area contributed by atoms with Gasteiger partial charge >= 0.3 is 0 Å². The minimum atomic E-state index is 0.146. The van der Waals surface area contributed by atoms with Gasteiger partial charge in [0.1, 0.15) is 0 Å². The number of aryl methyl sites for hydroxylation is 2. The average molecular weight is 260 g/mol. The van der Waals surface area contributed by atoms with E-state index >= 15 is 0 Å². The van der Waals surface area contributed by atoms with Gasteiger partial charge in [0.25, 0.3) is 0 Å². The molecule has 19 heavy (non-hydrogen) atoms. The van der Waals surface area contributed by atoms with Gasteiger partial charge in [-0.05, 0) is 50.4 Å². The van der Waals surface area contributed by atoms with Crippen LogP contribution in [-0.4, -0.2) is 25.0 Å². The summed E-state index contributed by atoms with van der Waals surface area (Å²) >= 11 is 0. The third-order valence-corrected chi connectivity index (χ3v) is 3.99. The fourth-order valence-electron chi connectivity index (χ4n) is 2.65. The number of rotatable bonds is 3. The lowest BCUT2D eigenvalue weighted by molar-refractivity contribution is -0.121. The van der Waals surface area contributed by atoms with Gasteiger partial charge in [0.2, 0.25) is 5.91 Å². The Morgan fingerprint density at radius 3 is 2.95 bits per heavy atom. The first-order valence-corrected chi connectivity index (χ1v) is 7.12. The van der Waals surface area contributed by atoms with Crippen molar-refractivity contribution < 1.29 is 4.79 Å². The van der Waals surface area contributed by atoms with Crippen molar-refractivity contribution in [2.75, 3.05) is 13.1 Å². The molecule has 0 aliphatic carbocycles. The smallest absolute Gasteiger partial charge is 0.224 e. The quantitative estimate of drug-likeness (QED) is 0.872. The topological polar surface area (TPSA) is 41.1 Å². The van der Waals surface area contributed by atoms with Gasteiger partial charge < -0.3 is 10.6 Å². The Labute approximate surface area is 115 Å². The molecule has 1 aromatic carbocycles. The second-order valence-electron chi connectivity index (χ2n) is 5.75. The fraction of sp³-hybridized carbons (Fsp3) is 0.562. The molecule has 2 rings (SSSR count). The molecule has 3 heteroatoms. The standard InChI is InChI=1S/C16H24N2O/c1-11-4-5-12(2)14(8-11)9-16(19)18-15-6-7-17-10-13(15)3/h4-5,8,13,15,17H,6-7,9-10H2,1-3H3,(H,18,19)/t13-,15-/m1/s1. The Morgan fingerprint density at radius 2 is 2.21 bits per heavy atom. The lowest BCUT2D eigenvalue weighted by atomic mass is 9.94. The van der Waals surface area contributed by atoms with E-state index in [0.29, 0.717) is 18.4 Å². The first-order valence-electron chi connectivity index (χ1n) is 7.12. The first kappa shape index (κ1) is 14.1. The van der Waals surface area contributed by atoms with Crippen molar-refractivity contribution in [3.05, 3.63) is 34.9 Å². The Kier molecular flexibility index (Phi) is 4.59. The molecular formula is C16H24N2O. The summed E-state index contributed by atoms with van der Waals surface area (Å²) in [7, 11) is 0. The van der Waals surface area contributed by atoms with Crippen LogP contribution in [0.2, 0.25) is 0 Å². The normalized spacial score (nSPS) is 23.1. The third kappa shape index (κ3) is 3.80. The van der Waals surface area contributed by atoms with E-state index in [1.54, 1.807) is 0 Å². The zero-order valence-electron chi connectivity index (χ0n) is 12.1. The van der Waals surface area contributed by atoms with Crippen LogP contribution in [0.3, 0.4) is 0 Å². The molecule has 1 amide bonds. The highest BCUT2D eigenvalue weighted by Crippen LogP contribution is 2.13. The maximum absolute atomic E-state index is 12.2. The first-order chi connectivity index (χ1) is 9.06. The minimum absolute atomic E-state index is 0.146. The Hall–Kier alpha value is -1.35. The molecule has 0 spiro atoms. The number of piperidine rings is 1. The maximum atomic E-state index is 12.2. The average Bonchev–Trinajstić information content (AvgIpc) is 2.37. The summed E-state index contributed by atoms with van der Waals surface area (Å²) in [4.78, 5) is 12.2. The highest BCUT2D eigenvalue weighted by Gasteiger charge is 2.22. The van der Waals surface area contributed by atoms with Crippen molar-refractivity contribution in [3.8, 4) is 0 Å². The second kappa shape index (κ2) is 6.20. The van der Waals surface area contributed by atoms with Gasteiger partial charge in [-0.15, -0.1) is 0 Å². The minimum Gasteiger partial charge on any atom is -0.353 e. The van der Waals surface area contributed by atoms with Crippen LogP contribution in [0, 0.1) is 19.8 Å². The summed E-state index contributed by atoms with van der Waals surface area (Å²) in [6, 6.07) is 6.61. The molecule has 3 nitrogen and oxygen atoms in total. The molecule has 1 fully saturated rings. The molecule has 1 aromatic rings. The van der Waals surface area contributed by atoms with Crippen LogP contribution in [0.15, 0.2) is 18.2 Å². The number of benzene rings is 1. The predicted octanol–water partition coefficient (Wildman–Crippen LogP) is 1.96. The molecule has 2 N–H and O–H groups in total. The van der Waals surface area contributed by atoms with Crippen molar-refractivity contribution in [2.45, 2.75) is 39.7 Å². The van der Waals surface area contributed by atoms with E-state index in [0.717, 1.165) is 25.1 Å². The van der Waals surface area contributed by atoms with Gasteiger partial charge in [-0.3, -0.25) is 4.79 Å². The number of hydrogen-bond acceptors (Lipinski definition) is 2. The van der Waals surface area contributed by atoms with Gasteiger partial charge in [-0.1, -0.05) is 30.7 Å². The Balaban J connectivity index is 1.95. The zero-order valence-corrected chi connectivity index (χ0v) is 12.1. The number of amides is 1. The van der Waals surface area contributed by atoms with Crippen LogP contribution in [0.5, 0.6) is 0 Å². The molecule has 0 unspecified atom stereocenters. The van der Waals surface area contributed by atoms with Gasteiger partial charge in [-0.2, -0.15) is 0 Å². The summed E-state index contributed by atoms with van der Waals surface area (Å²) in [5.41, 5.74) is 3.54. The number of hydrogen-bond donors (Lipinski definition) is 2. The van der Waals surface area contributed by atoms with Crippen LogP contribution in [0.1, 0.15) is 30.0 Å². The molecule has 1 saturated heterocycles. The number of carbonyl (C=O) groups is 1. The van der Waals surface area contributed by atoms with Gasteiger partial charge in [-0.25, -0.2) is 0 Å². The summed E-state index contributed by atoms with van der Waals surface area (Å²) in [6.45, 7) is 8.31. The van der Waals surface area contributed by atoms with E-state index in [-0.39, 0.29) is 5.91 Å². The second-order valence-corrected chi connectivity index (χ2v) is 5.75. The van der Waals surface area contributed by atoms with Gasteiger partial charge in [0, 0.05) is 6.04 Å². The molecule has 0 saturated carbocycles. The summed E-state index contributed by atoms with van der Waals surface area (Å²) < 4.78 is 0. The lowest BCUT2D eigenvalue weighted by Gasteiger charge is -2.30. The van der Waals surface area contributed by atoms with Crippen molar-refractivity contribution in [1.29, 1.82) is 0 Å². The van der Waals surface area contributed by atoms with Crippen LogP contribution >= 0.6 is 0 Å². The number of carbonyl (C=O) groups excluding carboxylic acids is 1. The third-order valence-electron chi connectivity index (χ3n) is 3.99. The summed E-state index contributed by atoms with van der Waals surface area (Å²) in [5, 5.41) is 6.54. The monoisotopic (exact) mass is 260 g/mol. The predicted molar refractivity (Wildman–Crippen MR) is 78.2 cm³/mol. The van der Waals surface area contributed by atoms with Crippen molar-refractivity contribution >= 4 is 5.91 Å². The summed E-state index contributed by atoms with van der Waals surface area (Å²) in [6.07, 6.45) is 1.52. The SMILES string of the molecule is Cc1ccc(C)c(CC(=O)N[C@@H]2CCNC[C@H]2C)c1. The number of nitrogens with one attached hydrogen (secondary N) is 2. The molecule has 0 bridgehead atoms. The van der Waals surface area contributed by atoms with Crippen molar-refractivity contribution in [1.82, 2.24) is 10.6 Å². The Bertz CT molecular complexity index is 456. The van der Waals surface area contributed by atoms with Gasteiger partial charge in [0.15, 0.2) is 0 Å². The van der Waals surface area contributed by atoms with E-state index in [9.17, 15) is 4.79 Å². The fourth-order valence-corrected chi connectivity index (χ4v) is 2.65. The van der Waals surface area contributed by atoms with E-state index in [1.807, 2.05) is 0 Å². The molecule has 2 atom stereocenters. The molecular weight excluding hydrogens is 236 g/mol. The maximum Gasteiger partial charge on any atom is 0.224 e. The van der Waals surface area contributed by atoms with Crippen molar-refractivity contribution in [2.24, 2.45) is 5.92 Å². The highest BCUT2D eigenvalue weighted by atomic mass is 16.1. The van der Waals surface area contributed by atoms with Crippen LogP contribution in [0.25, 0.3) is 0 Å². The molecule has 104 valence electrons. The van der Waals surface area contributed by atoms with Crippen molar-refractivity contribution in [3.63, 3.8) is 0 Å². The van der Waals surface area contributed by atoms with Crippen LogP contribution in [0.4, 0.5) is 0 Å². The van der Waals surface area contributed by atoms with E-state index in [1.165, 1.54) is 11.1 Å². The summed E-state index contributed by atoms with van der Waals surface area (Å²) in [5.74, 6) is 0.656. The zero-order chi connectivity index (χ0) is 13.8. The molecule has 1 aliphatic heterocycles. The van der Waals surface area contributed by atoms with E-state index in [2.05, 4.69) is 49.6 Å². The molecule has 0 radical (unpaired) electrons. The van der Waals surface area contributed by atoms with E-state index < -0.39 is 0 Å². The largest absolute Gasteiger partial charge is 0.353 e. The molecule has 1 heterocycles. The lowest BCUT2D eigenvalue weighted by Crippen LogP contribution is -2.48. The Morgan fingerprint density at radius 1 is 1.42 bits per heavy atom. The molecule has 0 aromatic heterocycles. The highest BCUT2D eigenvalue weighted by molar-refractivity contribution is 5.79. The van der Waals surface area contributed by atoms with Gasteiger partial charge in [0.05, 0.1) is 6.42 Å².